The monoisotopic (exact) mass is 441 g/mol. The Morgan fingerprint density at radius 2 is 1.82 bits per heavy atom. The van der Waals surface area contributed by atoms with Gasteiger partial charge in [-0.25, -0.2) is 9.69 Å². The molecule has 0 spiro atoms. The van der Waals surface area contributed by atoms with E-state index >= 15 is 0 Å². The van der Waals surface area contributed by atoms with Crippen LogP contribution in [0.2, 0.25) is 0 Å². The Hall–Kier alpha value is -3.87. The molecule has 0 unspecified atom stereocenters. The molecule has 3 atom stereocenters. The van der Waals surface area contributed by atoms with Crippen LogP contribution in [0.5, 0.6) is 5.75 Å². The van der Waals surface area contributed by atoms with Crippen LogP contribution in [0.25, 0.3) is 10.8 Å². The van der Waals surface area contributed by atoms with Gasteiger partial charge in [0, 0.05) is 11.9 Å². The van der Waals surface area contributed by atoms with E-state index in [1.165, 1.54) is 4.90 Å². The molecule has 0 N–H and O–H groups in total. The van der Waals surface area contributed by atoms with Gasteiger partial charge in [-0.15, -0.1) is 0 Å². The largest absolute Gasteiger partial charge is 0.497 e. The molecule has 7 nitrogen and oxygen atoms in total. The highest BCUT2D eigenvalue weighted by Gasteiger charge is 2.62. The quantitative estimate of drug-likeness (QED) is 0.583. The van der Waals surface area contributed by atoms with Gasteiger partial charge in [-0.1, -0.05) is 48.5 Å². The van der Waals surface area contributed by atoms with E-state index < -0.39 is 6.04 Å². The molecule has 6 rings (SSSR count). The van der Waals surface area contributed by atoms with Crippen molar-refractivity contribution >= 4 is 34.3 Å². The zero-order valence-corrected chi connectivity index (χ0v) is 18.2. The molecule has 166 valence electrons. The number of piperazine rings is 1. The van der Waals surface area contributed by atoms with Crippen molar-refractivity contribution in [1.82, 2.24) is 9.80 Å². The second-order valence-corrected chi connectivity index (χ2v) is 8.84. The molecule has 3 aliphatic heterocycles. The van der Waals surface area contributed by atoms with Crippen molar-refractivity contribution in [2.24, 2.45) is 0 Å². The molecule has 0 aliphatic carbocycles. The summed E-state index contributed by atoms with van der Waals surface area (Å²) < 4.78 is 5.26. The minimum Gasteiger partial charge on any atom is -0.497 e. The Morgan fingerprint density at radius 3 is 2.67 bits per heavy atom. The molecule has 33 heavy (non-hydrogen) atoms. The average molecular weight is 441 g/mol. The molecule has 0 saturated carbocycles. The van der Waals surface area contributed by atoms with E-state index in [9.17, 15) is 14.4 Å². The summed E-state index contributed by atoms with van der Waals surface area (Å²) >= 11 is 0. The van der Waals surface area contributed by atoms with Gasteiger partial charge in [0.1, 0.15) is 11.8 Å². The lowest BCUT2D eigenvalue weighted by atomic mass is 10.1. The minimum atomic E-state index is -0.621. The maximum atomic E-state index is 13.6. The normalized spacial score (nSPS) is 23.5. The van der Waals surface area contributed by atoms with E-state index in [4.69, 9.17) is 4.74 Å². The lowest BCUT2D eigenvalue weighted by Gasteiger charge is -2.35. The number of fused-ring (bicyclic) bond motifs is 6. The summed E-state index contributed by atoms with van der Waals surface area (Å²) in [5.41, 5.74) is 1.47. The van der Waals surface area contributed by atoms with Gasteiger partial charge in [0.25, 0.3) is 5.91 Å². The average Bonchev–Trinajstić information content (AvgIpc) is 3.50. The van der Waals surface area contributed by atoms with Crippen molar-refractivity contribution in [2.75, 3.05) is 18.6 Å². The van der Waals surface area contributed by atoms with Crippen LogP contribution in [-0.2, 0) is 16.0 Å². The van der Waals surface area contributed by atoms with Crippen molar-refractivity contribution in [3.8, 4) is 5.75 Å². The first kappa shape index (κ1) is 19.8. The second-order valence-electron chi connectivity index (χ2n) is 8.84. The Bertz CT molecular complexity index is 1300. The van der Waals surface area contributed by atoms with E-state index in [2.05, 4.69) is 0 Å². The number of likely N-dealkylation sites (tertiary alicyclic amines) is 1. The maximum Gasteiger partial charge on any atom is 0.332 e. The van der Waals surface area contributed by atoms with Crippen LogP contribution in [0.15, 0.2) is 66.7 Å². The number of urea groups is 1. The van der Waals surface area contributed by atoms with E-state index in [-0.39, 0.29) is 36.3 Å². The number of imide groups is 1. The zero-order chi connectivity index (χ0) is 22.7. The molecule has 3 saturated heterocycles. The number of benzene rings is 3. The van der Waals surface area contributed by atoms with Gasteiger partial charge in [0.2, 0.25) is 5.91 Å². The summed E-state index contributed by atoms with van der Waals surface area (Å²) in [6.45, 7) is 0.465. The number of anilines is 1. The van der Waals surface area contributed by atoms with Crippen LogP contribution >= 0.6 is 0 Å². The first-order chi connectivity index (χ1) is 16.1. The highest BCUT2D eigenvalue weighted by Crippen LogP contribution is 2.43. The number of ether oxygens (including phenoxy) is 1. The number of amides is 4. The summed E-state index contributed by atoms with van der Waals surface area (Å²) in [7, 11) is 1.60. The van der Waals surface area contributed by atoms with Crippen molar-refractivity contribution in [3.63, 3.8) is 0 Å². The maximum absolute atomic E-state index is 13.6. The van der Waals surface area contributed by atoms with Gasteiger partial charge in [-0.3, -0.25) is 9.59 Å². The zero-order valence-electron chi connectivity index (χ0n) is 18.2. The Morgan fingerprint density at radius 1 is 1.03 bits per heavy atom. The van der Waals surface area contributed by atoms with Crippen LogP contribution in [0.3, 0.4) is 0 Å². The molecule has 2 bridgehead atoms. The van der Waals surface area contributed by atoms with Crippen LogP contribution < -0.4 is 9.64 Å². The van der Waals surface area contributed by atoms with Crippen LogP contribution in [0.1, 0.15) is 12.0 Å². The molecule has 3 heterocycles. The molecule has 3 aromatic rings. The molecule has 0 radical (unpaired) electrons. The first-order valence-electron chi connectivity index (χ1n) is 11.1. The predicted octanol–water partition coefficient (Wildman–Crippen LogP) is 3.21. The number of rotatable bonds is 4. The van der Waals surface area contributed by atoms with Gasteiger partial charge in [0.05, 0.1) is 31.3 Å². The molecule has 3 fully saturated rings. The number of methoxy groups -OCH3 is 1. The number of carbonyl (C=O) groups excluding carboxylic acids is 3. The standard InChI is InChI=1S/C26H23N3O4/c1-33-19-9-4-6-16(12-19)13-23(30)27-15-18-14-22(27)24-25(31)29(26(32)28(18)24)21-11-5-8-17-7-2-3-10-20(17)21/h2-12,18,22,24H,13-15H2,1H3/t18-,22-,24-/m0/s1. The van der Waals surface area contributed by atoms with Crippen molar-refractivity contribution in [1.29, 1.82) is 0 Å². The van der Waals surface area contributed by atoms with E-state index in [0.717, 1.165) is 16.3 Å². The summed E-state index contributed by atoms with van der Waals surface area (Å²) in [6.07, 6.45) is 0.887. The lowest BCUT2D eigenvalue weighted by Crippen LogP contribution is -2.55. The Balaban J connectivity index is 1.28. The van der Waals surface area contributed by atoms with E-state index in [0.29, 0.717) is 24.4 Å². The third-order valence-electron chi connectivity index (χ3n) is 7.08. The van der Waals surface area contributed by atoms with Gasteiger partial charge >= 0.3 is 6.03 Å². The second kappa shape index (κ2) is 7.33. The van der Waals surface area contributed by atoms with Crippen molar-refractivity contribution < 1.29 is 19.1 Å². The van der Waals surface area contributed by atoms with Crippen LogP contribution in [0, 0.1) is 0 Å². The van der Waals surface area contributed by atoms with Crippen molar-refractivity contribution in [3.05, 3.63) is 72.3 Å². The topological polar surface area (TPSA) is 70.2 Å². The van der Waals surface area contributed by atoms with E-state index in [1.54, 1.807) is 16.9 Å². The number of hydrogen-bond acceptors (Lipinski definition) is 4. The number of nitrogens with zero attached hydrogens (tertiary/aromatic N) is 3. The number of hydrogen-bond donors (Lipinski definition) is 0. The molecular weight excluding hydrogens is 418 g/mol. The van der Waals surface area contributed by atoms with Gasteiger partial charge in [0.15, 0.2) is 0 Å². The third kappa shape index (κ3) is 2.92. The van der Waals surface area contributed by atoms with Gasteiger partial charge in [-0.2, -0.15) is 0 Å². The molecule has 4 amide bonds. The molecule has 0 aromatic heterocycles. The fraction of sp³-hybridized carbons (Fsp3) is 0.269. The Kier molecular flexibility index (Phi) is 4.40. The highest BCUT2D eigenvalue weighted by molar-refractivity contribution is 6.25. The summed E-state index contributed by atoms with van der Waals surface area (Å²) in [4.78, 5) is 44.9. The summed E-state index contributed by atoms with van der Waals surface area (Å²) in [5.74, 6) is 0.429. The molecule has 7 heteroatoms. The summed E-state index contributed by atoms with van der Waals surface area (Å²) in [6, 6.07) is 19.5. The molecule has 3 aromatic carbocycles. The predicted molar refractivity (Wildman–Crippen MR) is 123 cm³/mol. The van der Waals surface area contributed by atoms with Crippen LogP contribution in [0.4, 0.5) is 10.5 Å². The van der Waals surface area contributed by atoms with Gasteiger partial charge < -0.3 is 14.5 Å². The lowest BCUT2D eigenvalue weighted by molar-refractivity contribution is -0.135. The Labute approximate surface area is 191 Å². The number of carbonyl (C=O) groups is 3. The third-order valence-corrected chi connectivity index (χ3v) is 7.08. The fourth-order valence-electron chi connectivity index (χ4n) is 5.63. The smallest absolute Gasteiger partial charge is 0.332 e. The summed E-state index contributed by atoms with van der Waals surface area (Å²) in [5, 5.41) is 1.84. The van der Waals surface area contributed by atoms with E-state index in [1.807, 2.05) is 66.7 Å². The molecular formula is C26H23N3O4. The SMILES string of the molecule is COc1cccc(CC(=O)N2C[C@@H]3C[C@H]2[C@H]2C(=O)N(c4cccc5ccccc45)C(=O)N32)c1. The highest BCUT2D eigenvalue weighted by atomic mass is 16.5. The minimum absolute atomic E-state index is 0.0285. The van der Waals surface area contributed by atoms with Gasteiger partial charge in [-0.05, 0) is 35.6 Å². The molecule has 3 aliphatic rings. The first-order valence-corrected chi connectivity index (χ1v) is 11.1. The van der Waals surface area contributed by atoms with Crippen LogP contribution in [-0.4, -0.2) is 59.4 Å². The van der Waals surface area contributed by atoms with Crippen molar-refractivity contribution in [2.45, 2.75) is 31.0 Å². The fourth-order valence-corrected chi connectivity index (χ4v) is 5.63.